The number of hydrogen-bond acceptors (Lipinski definition) is 5. The predicted molar refractivity (Wildman–Crippen MR) is 149 cm³/mol. The largest absolute Gasteiger partial charge is 0.317 e. The number of pyridine rings is 1. The van der Waals surface area contributed by atoms with E-state index in [0.29, 0.717) is 11.0 Å². The van der Waals surface area contributed by atoms with Crippen LogP contribution in [0.3, 0.4) is 0 Å². The Kier molecular flexibility index (Phi) is 13.3. The minimum absolute atomic E-state index is 0.218. The van der Waals surface area contributed by atoms with Crippen molar-refractivity contribution in [3.05, 3.63) is 30.1 Å². The molecule has 1 aromatic heterocycles. The van der Waals surface area contributed by atoms with Crippen LogP contribution in [0.15, 0.2) is 24.5 Å². The van der Waals surface area contributed by atoms with Crippen molar-refractivity contribution in [3.8, 4) is 0 Å². The number of piperazine rings is 1. The van der Waals surface area contributed by atoms with E-state index in [2.05, 4.69) is 101 Å². The van der Waals surface area contributed by atoms with Crippen LogP contribution in [-0.2, 0) is 6.54 Å². The average Bonchev–Trinajstić information content (AvgIpc) is 2.74. The average molecular weight is 476 g/mol. The highest BCUT2D eigenvalue weighted by atomic mass is 15.2. The van der Waals surface area contributed by atoms with Gasteiger partial charge in [-0.15, -0.1) is 0 Å². The van der Waals surface area contributed by atoms with Gasteiger partial charge in [-0.3, -0.25) is 14.8 Å². The van der Waals surface area contributed by atoms with Crippen molar-refractivity contribution in [2.75, 3.05) is 46.3 Å². The van der Waals surface area contributed by atoms with E-state index in [1.54, 1.807) is 6.20 Å². The molecule has 5 nitrogen and oxygen atoms in total. The minimum Gasteiger partial charge on any atom is -0.317 e. The molecule has 0 saturated carbocycles. The second-order valence-electron chi connectivity index (χ2n) is 13.3. The Hall–Kier alpha value is -1.01. The summed E-state index contributed by atoms with van der Waals surface area (Å²) in [6, 6.07) is 4.08. The fourth-order valence-corrected chi connectivity index (χ4v) is 4.29. The molecule has 2 N–H and O–H groups in total. The van der Waals surface area contributed by atoms with Crippen molar-refractivity contribution in [2.45, 2.75) is 99.2 Å². The van der Waals surface area contributed by atoms with Gasteiger partial charge in [0.25, 0.3) is 0 Å². The Labute approximate surface area is 212 Å². The summed E-state index contributed by atoms with van der Waals surface area (Å²) in [7, 11) is 2.13. The fraction of sp³-hybridized carbons (Fsp3) is 0.828. The summed E-state index contributed by atoms with van der Waals surface area (Å²) < 4.78 is 0. The third-order valence-corrected chi connectivity index (χ3v) is 6.71. The summed E-state index contributed by atoms with van der Waals surface area (Å²) in [5.41, 5.74) is 2.37. The van der Waals surface area contributed by atoms with Crippen LogP contribution in [0.1, 0.15) is 87.1 Å². The van der Waals surface area contributed by atoms with E-state index in [4.69, 9.17) is 0 Å². The Morgan fingerprint density at radius 1 is 0.912 bits per heavy atom. The first kappa shape index (κ1) is 31.0. The van der Waals surface area contributed by atoms with Crippen LogP contribution in [0, 0.1) is 11.3 Å². The molecular formula is C29H57N5. The summed E-state index contributed by atoms with van der Waals surface area (Å²) in [5, 5.41) is 6.75. The number of piperidine rings is 1. The highest BCUT2D eigenvalue weighted by Crippen LogP contribution is 2.28. The van der Waals surface area contributed by atoms with E-state index in [1.165, 1.54) is 51.0 Å². The van der Waals surface area contributed by atoms with Crippen LogP contribution >= 0.6 is 0 Å². The second kappa shape index (κ2) is 14.5. The maximum absolute atomic E-state index is 4.09. The number of nitrogens with zero attached hydrogens (tertiary/aromatic N) is 3. The van der Waals surface area contributed by atoms with Gasteiger partial charge in [0.2, 0.25) is 0 Å². The smallest absolute Gasteiger partial charge is 0.0312 e. The molecule has 3 heterocycles. The Bertz CT molecular complexity index is 627. The summed E-state index contributed by atoms with van der Waals surface area (Å²) in [5.74, 6) is 0.983. The van der Waals surface area contributed by atoms with Gasteiger partial charge < -0.3 is 10.6 Å². The lowest BCUT2D eigenvalue weighted by Gasteiger charge is -2.38. The number of aromatic nitrogens is 1. The normalized spacial score (nSPS) is 18.6. The monoisotopic (exact) mass is 475 g/mol. The SMILES string of the molecule is CC(C)(C)CC1CCNCC1.CC(C)(C)N1CCNCC1.CN(Cc1cccnc1)C(C)(C)C. The van der Waals surface area contributed by atoms with Gasteiger partial charge in [-0.1, -0.05) is 26.8 Å². The van der Waals surface area contributed by atoms with E-state index >= 15 is 0 Å². The van der Waals surface area contributed by atoms with E-state index in [0.717, 1.165) is 25.6 Å². The molecular weight excluding hydrogens is 418 g/mol. The molecule has 1 aromatic rings. The van der Waals surface area contributed by atoms with E-state index < -0.39 is 0 Å². The molecule has 0 bridgehead atoms. The third-order valence-electron chi connectivity index (χ3n) is 6.71. The highest BCUT2D eigenvalue weighted by Gasteiger charge is 2.22. The standard InChI is InChI=1S/C11H18N2.C10H21N.C8H18N2/c1-11(2,3)13(4)9-10-6-5-7-12-8-10;1-10(2,3)8-9-4-6-11-7-5-9;1-8(2,3)10-6-4-9-5-7-10/h5-8H,9H2,1-4H3;9,11H,4-8H2,1-3H3;9H,4-7H2,1-3H3. The van der Waals surface area contributed by atoms with E-state index in [1.807, 2.05) is 12.3 Å². The van der Waals surface area contributed by atoms with Crippen LogP contribution in [0.2, 0.25) is 0 Å². The summed E-state index contributed by atoms with van der Waals surface area (Å²) in [4.78, 5) is 8.92. The van der Waals surface area contributed by atoms with Crippen molar-refractivity contribution in [1.82, 2.24) is 25.4 Å². The Balaban J connectivity index is 0.000000257. The van der Waals surface area contributed by atoms with Gasteiger partial charge in [0.15, 0.2) is 0 Å². The lowest BCUT2D eigenvalue weighted by atomic mass is 9.81. The van der Waals surface area contributed by atoms with Crippen LogP contribution in [-0.4, -0.2) is 72.2 Å². The second-order valence-corrected chi connectivity index (χ2v) is 13.3. The molecule has 0 atom stereocenters. The zero-order valence-electron chi connectivity index (χ0n) is 24.3. The molecule has 2 fully saturated rings. The number of nitrogens with one attached hydrogen (secondary N) is 2. The molecule has 198 valence electrons. The molecule has 2 saturated heterocycles. The van der Waals surface area contributed by atoms with Gasteiger partial charge >= 0.3 is 0 Å². The van der Waals surface area contributed by atoms with Gasteiger partial charge in [-0.05, 0) is 104 Å². The molecule has 34 heavy (non-hydrogen) atoms. The van der Waals surface area contributed by atoms with Crippen LogP contribution in [0.25, 0.3) is 0 Å². The Morgan fingerprint density at radius 2 is 1.47 bits per heavy atom. The van der Waals surface area contributed by atoms with Crippen molar-refractivity contribution in [2.24, 2.45) is 11.3 Å². The molecule has 0 spiro atoms. The first-order valence-electron chi connectivity index (χ1n) is 13.4. The quantitative estimate of drug-likeness (QED) is 0.611. The maximum Gasteiger partial charge on any atom is 0.0312 e. The molecule has 0 amide bonds. The van der Waals surface area contributed by atoms with Gasteiger partial charge in [-0.25, -0.2) is 0 Å². The topological polar surface area (TPSA) is 43.4 Å². The predicted octanol–water partition coefficient (Wildman–Crippen LogP) is 5.42. The molecule has 2 aliphatic heterocycles. The van der Waals surface area contributed by atoms with Crippen molar-refractivity contribution in [1.29, 1.82) is 0 Å². The first-order chi connectivity index (χ1) is 15.7. The molecule has 0 radical (unpaired) electrons. The zero-order chi connectivity index (χ0) is 25.8. The summed E-state index contributed by atoms with van der Waals surface area (Å²) in [6.45, 7) is 28.6. The van der Waals surface area contributed by atoms with Crippen LogP contribution < -0.4 is 10.6 Å². The molecule has 0 unspecified atom stereocenters. The third kappa shape index (κ3) is 14.4. The zero-order valence-corrected chi connectivity index (χ0v) is 24.3. The summed E-state index contributed by atoms with van der Waals surface area (Å²) >= 11 is 0. The molecule has 0 aliphatic carbocycles. The van der Waals surface area contributed by atoms with Crippen LogP contribution in [0.4, 0.5) is 0 Å². The molecule has 2 aliphatic rings. The van der Waals surface area contributed by atoms with Crippen molar-refractivity contribution < 1.29 is 0 Å². The number of hydrogen-bond donors (Lipinski definition) is 2. The van der Waals surface area contributed by atoms with Gasteiger partial charge in [-0.2, -0.15) is 0 Å². The maximum atomic E-state index is 4.09. The van der Waals surface area contributed by atoms with Crippen molar-refractivity contribution in [3.63, 3.8) is 0 Å². The van der Waals surface area contributed by atoms with E-state index in [9.17, 15) is 0 Å². The molecule has 3 rings (SSSR count). The van der Waals surface area contributed by atoms with Crippen LogP contribution in [0.5, 0.6) is 0 Å². The number of rotatable bonds is 3. The lowest BCUT2D eigenvalue weighted by molar-refractivity contribution is 0.119. The Morgan fingerprint density at radius 3 is 1.88 bits per heavy atom. The lowest BCUT2D eigenvalue weighted by Crippen LogP contribution is -2.51. The minimum atomic E-state index is 0.218. The summed E-state index contributed by atoms with van der Waals surface area (Å²) in [6.07, 6.45) is 7.89. The van der Waals surface area contributed by atoms with Crippen molar-refractivity contribution >= 4 is 0 Å². The molecule has 5 heteroatoms. The van der Waals surface area contributed by atoms with Gasteiger partial charge in [0, 0.05) is 56.2 Å². The van der Waals surface area contributed by atoms with Gasteiger partial charge in [0.05, 0.1) is 0 Å². The first-order valence-corrected chi connectivity index (χ1v) is 13.4. The molecule has 0 aromatic carbocycles. The van der Waals surface area contributed by atoms with E-state index in [-0.39, 0.29) is 5.54 Å². The van der Waals surface area contributed by atoms with Gasteiger partial charge in [0.1, 0.15) is 0 Å². The highest BCUT2D eigenvalue weighted by molar-refractivity contribution is 5.08. The fourth-order valence-electron chi connectivity index (χ4n) is 4.29.